The molecule has 2 fully saturated rings. The second-order valence-electron chi connectivity index (χ2n) is 7.93. The molecule has 30 heavy (non-hydrogen) atoms. The van der Waals surface area contributed by atoms with E-state index in [1.54, 1.807) is 20.4 Å². The van der Waals surface area contributed by atoms with Crippen LogP contribution >= 0.6 is 0 Å². The van der Waals surface area contributed by atoms with Crippen molar-refractivity contribution in [3.05, 3.63) is 59.9 Å². The van der Waals surface area contributed by atoms with Gasteiger partial charge >= 0.3 is 6.03 Å². The van der Waals surface area contributed by atoms with Crippen molar-refractivity contribution in [2.75, 3.05) is 33.9 Å². The summed E-state index contributed by atoms with van der Waals surface area (Å²) in [5.74, 6) is 0.818. The molecule has 2 aliphatic rings. The largest absolute Gasteiger partial charge is 0.497 e. The van der Waals surface area contributed by atoms with Gasteiger partial charge in [-0.1, -0.05) is 18.2 Å². The minimum atomic E-state index is 0.00598. The van der Waals surface area contributed by atoms with Gasteiger partial charge in [-0.25, -0.2) is 4.79 Å². The van der Waals surface area contributed by atoms with E-state index >= 15 is 0 Å². The number of aromatic nitrogens is 1. The maximum atomic E-state index is 12.6. The molecule has 2 atom stereocenters. The van der Waals surface area contributed by atoms with Gasteiger partial charge in [-0.05, 0) is 42.2 Å². The topological polar surface area (TPSA) is 66.9 Å². The van der Waals surface area contributed by atoms with Gasteiger partial charge in [-0.15, -0.1) is 0 Å². The van der Waals surface area contributed by atoms with E-state index in [0.29, 0.717) is 12.6 Å². The van der Waals surface area contributed by atoms with E-state index in [1.165, 1.54) is 5.56 Å². The summed E-state index contributed by atoms with van der Waals surface area (Å²) in [4.78, 5) is 21.3. The standard InChI is InChI=1S/C23H30N4O3/c1-29-20-7-5-17(6-8-20)14-25-23(28)26-12-9-19(10-13-26)27-16-21(30-2)22(27)18-4-3-11-24-15-18/h3-8,11,15,19,21-22H,9-10,12-14,16H2,1-2H3,(H,25,28)/t21-,22-/m0/s1. The predicted molar refractivity (Wildman–Crippen MR) is 114 cm³/mol. The van der Waals surface area contributed by atoms with Gasteiger partial charge in [0.25, 0.3) is 0 Å². The van der Waals surface area contributed by atoms with Crippen LogP contribution in [0.25, 0.3) is 0 Å². The van der Waals surface area contributed by atoms with Gasteiger partial charge in [0, 0.05) is 51.7 Å². The summed E-state index contributed by atoms with van der Waals surface area (Å²) in [5, 5.41) is 3.03. The molecule has 1 aromatic carbocycles. The molecule has 0 unspecified atom stereocenters. The van der Waals surface area contributed by atoms with Crippen molar-refractivity contribution < 1.29 is 14.3 Å². The third kappa shape index (κ3) is 4.42. The first-order valence-corrected chi connectivity index (χ1v) is 10.5. The highest BCUT2D eigenvalue weighted by Crippen LogP contribution is 2.39. The number of hydrogen-bond acceptors (Lipinski definition) is 5. The molecular formula is C23H30N4O3. The molecule has 0 spiro atoms. The van der Waals surface area contributed by atoms with Crippen molar-refractivity contribution in [3.63, 3.8) is 0 Å². The summed E-state index contributed by atoms with van der Waals surface area (Å²) in [5.41, 5.74) is 2.26. The molecule has 0 aliphatic carbocycles. The lowest BCUT2D eigenvalue weighted by molar-refractivity contribution is -0.115. The van der Waals surface area contributed by atoms with E-state index in [2.05, 4.69) is 21.3 Å². The van der Waals surface area contributed by atoms with E-state index in [1.807, 2.05) is 41.4 Å². The number of methoxy groups -OCH3 is 2. The molecule has 7 nitrogen and oxygen atoms in total. The smallest absolute Gasteiger partial charge is 0.317 e. The maximum absolute atomic E-state index is 12.6. The van der Waals surface area contributed by atoms with Gasteiger partial charge < -0.3 is 19.7 Å². The fourth-order valence-corrected chi connectivity index (χ4v) is 4.47. The molecule has 0 saturated carbocycles. The summed E-state index contributed by atoms with van der Waals surface area (Å²) in [6.45, 7) is 3.00. The fraction of sp³-hybridized carbons (Fsp3) is 0.478. The van der Waals surface area contributed by atoms with Crippen molar-refractivity contribution in [3.8, 4) is 5.75 Å². The van der Waals surface area contributed by atoms with Crippen LogP contribution in [0.15, 0.2) is 48.8 Å². The Morgan fingerprint density at radius 3 is 2.57 bits per heavy atom. The molecule has 3 heterocycles. The molecule has 2 aliphatic heterocycles. The number of nitrogens with zero attached hydrogens (tertiary/aromatic N) is 3. The zero-order valence-electron chi connectivity index (χ0n) is 17.7. The molecule has 0 bridgehead atoms. The summed E-state index contributed by atoms with van der Waals surface area (Å²) >= 11 is 0. The number of carbonyl (C=O) groups is 1. The number of pyridine rings is 1. The van der Waals surface area contributed by atoms with Gasteiger partial charge in [0.15, 0.2) is 0 Å². The first-order chi connectivity index (χ1) is 14.7. The van der Waals surface area contributed by atoms with Crippen molar-refractivity contribution in [1.82, 2.24) is 20.1 Å². The average Bonchev–Trinajstić information content (AvgIpc) is 2.78. The van der Waals surface area contributed by atoms with Crippen LogP contribution in [0.5, 0.6) is 5.75 Å². The molecule has 1 aromatic heterocycles. The zero-order chi connectivity index (χ0) is 20.9. The molecule has 0 radical (unpaired) electrons. The first kappa shape index (κ1) is 20.6. The minimum Gasteiger partial charge on any atom is -0.497 e. The number of urea groups is 1. The number of rotatable bonds is 6. The number of benzene rings is 1. The normalized spacial score (nSPS) is 22.4. The number of amides is 2. The third-order valence-corrected chi connectivity index (χ3v) is 6.25. The highest BCUT2D eigenvalue weighted by Gasteiger charge is 2.44. The Morgan fingerprint density at radius 1 is 1.17 bits per heavy atom. The molecule has 1 N–H and O–H groups in total. The molecule has 160 valence electrons. The lowest BCUT2D eigenvalue weighted by atomic mass is 9.88. The lowest BCUT2D eigenvalue weighted by Crippen LogP contribution is -2.60. The Balaban J connectivity index is 1.27. The zero-order valence-corrected chi connectivity index (χ0v) is 17.7. The first-order valence-electron chi connectivity index (χ1n) is 10.5. The maximum Gasteiger partial charge on any atom is 0.317 e. The Kier molecular flexibility index (Phi) is 6.50. The Hall–Kier alpha value is -2.64. The predicted octanol–water partition coefficient (Wildman–Crippen LogP) is 2.84. The molecule has 2 saturated heterocycles. The average molecular weight is 411 g/mol. The van der Waals surface area contributed by atoms with E-state index in [9.17, 15) is 4.79 Å². The van der Waals surface area contributed by atoms with Crippen LogP contribution in [0.1, 0.15) is 30.0 Å². The van der Waals surface area contributed by atoms with Gasteiger partial charge in [0.1, 0.15) is 5.75 Å². The van der Waals surface area contributed by atoms with Crippen LogP contribution in [0.3, 0.4) is 0 Å². The molecule has 2 amide bonds. The van der Waals surface area contributed by atoms with Crippen LogP contribution in [0, 0.1) is 0 Å². The van der Waals surface area contributed by atoms with Crippen molar-refractivity contribution >= 4 is 6.03 Å². The summed E-state index contributed by atoms with van der Waals surface area (Å²) in [6, 6.07) is 12.6. The molecule has 4 rings (SSSR count). The third-order valence-electron chi connectivity index (χ3n) is 6.25. The summed E-state index contributed by atoms with van der Waals surface area (Å²) in [7, 11) is 3.43. The highest BCUT2D eigenvalue weighted by molar-refractivity contribution is 5.74. The highest BCUT2D eigenvalue weighted by atomic mass is 16.5. The second-order valence-corrected chi connectivity index (χ2v) is 7.93. The SMILES string of the molecule is COc1ccc(CNC(=O)N2CCC(N3C[C@H](OC)[C@@H]3c3cccnc3)CC2)cc1. The quantitative estimate of drug-likeness (QED) is 0.793. The van der Waals surface area contributed by atoms with Crippen LogP contribution < -0.4 is 10.1 Å². The monoisotopic (exact) mass is 410 g/mol. The van der Waals surface area contributed by atoms with Gasteiger partial charge in [-0.2, -0.15) is 0 Å². The Labute approximate surface area is 178 Å². The van der Waals surface area contributed by atoms with Crippen LogP contribution in [-0.2, 0) is 11.3 Å². The molecule has 2 aromatic rings. The van der Waals surface area contributed by atoms with E-state index < -0.39 is 0 Å². The van der Waals surface area contributed by atoms with E-state index in [0.717, 1.165) is 43.8 Å². The van der Waals surface area contributed by atoms with Crippen molar-refractivity contribution in [1.29, 1.82) is 0 Å². The van der Waals surface area contributed by atoms with Crippen LogP contribution in [0.2, 0.25) is 0 Å². The number of hydrogen-bond donors (Lipinski definition) is 1. The number of nitrogens with one attached hydrogen (secondary N) is 1. The van der Waals surface area contributed by atoms with Crippen molar-refractivity contribution in [2.24, 2.45) is 0 Å². The molecular weight excluding hydrogens is 380 g/mol. The van der Waals surface area contributed by atoms with Crippen molar-refractivity contribution in [2.45, 2.75) is 37.6 Å². The van der Waals surface area contributed by atoms with E-state index in [-0.39, 0.29) is 18.2 Å². The fourth-order valence-electron chi connectivity index (χ4n) is 4.47. The number of ether oxygens (including phenoxy) is 2. The van der Waals surface area contributed by atoms with Crippen LogP contribution in [-0.4, -0.2) is 66.8 Å². The second kappa shape index (κ2) is 9.45. The Morgan fingerprint density at radius 2 is 1.93 bits per heavy atom. The lowest BCUT2D eigenvalue weighted by Gasteiger charge is -2.52. The molecule has 7 heteroatoms. The summed E-state index contributed by atoms with van der Waals surface area (Å²) < 4.78 is 10.8. The minimum absolute atomic E-state index is 0.00598. The van der Waals surface area contributed by atoms with Gasteiger partial charge in [0.2, 0.25) is 0 Å². The summed E-state index contributed by atoms with van der Waals surface area (Å²) in [6.07, 6.45) is 5.90. The van der Waals surface area contributed by atoms with Gasteiger partial charge in [0.05, 0.1) is 19.3 Å². The number of carbonyl (C=O) groups excluding carboxylic acids is 1. The van der Waals surface area contributed by atoms with E-state index in [4.69, 9.17) is 9.47 Å². The Bertz CT molecular complexity index is 822. The van der Waals surface area contributed by atoms with Crippen LogP contribution in [0.4, 0.5) is 4.79 Å². The van der Waals surface area contributed by atoms with Gasteiger partial charge in [-0.3, -0.25) is 9.88 Å². The number of piperidine rings is 1. The number of likely N-dealkylation sites (tertiary alicyclic amines) is 2.